The predicted octanol–water partition coefficient (Wildman–Crippen LogP) is 2.47. The van der Waals surface area contributed by atoms with Gasteiger partial charge >= 0.3 is 0 Å². The second-order valence-electron chi connectivity index (χ2n) is 7.06. The Morgan fingerprint density at radius 2 is 1.75 bits per heavy atom. The quantitative estimate of drug-likeness (QED) is 0.682. The van der Waals surface area contributed by atoms with Gasteiger partial charge in [-0.1, -0.05) is 30.3 Å². The summed E-state index contributed by atoms with van der Waals surface area (Å²) in [5.41, 5.74) is 1.99. The molecule has 0 radical (unpaired) electrons. The Morgan fingerprint density at radius 1 is 0.929 bits per heavy atom. The summed E-state index contributed by atoms with van der Waals surface area (Å²) in [7, 11) is 0. The second-order valence-corrected chi connectivity index (χ2v) is 7.06. The van der Waals surface area contributed by atoms with Crippen LogP contribution >= 0.6 is 0 Å². The van der Waals surface area contributed by atoms with Crippen molar-refractivity contribution in [3.63, 3.8) is 0 Å². The molecule has 2 aliphatic rings. The van der Waals surface area contributed by atoms with Gasteiger partial charge in [-0.15, -0.1) is 0 Å². The first-order valence-corrected chi connectivity index (χ1v) is 9.51. The number of fused-ring (bicyclic) bond motifs is 1. The summed E-state index contributed by atoms with van der Waals surface area (Å²) in [5.74, 6) is 1.26. The highest BCUT2D eigenvalue weighted by Gasteiger charge is 2.47. The average Bonchev–Trinajstić information content (AvgIpc) is 3.47. The van der Waals surface area contributed by atoms with Gasteiger partial charge in [-0.2, -0.15) is 0 Å². The van der Waals surface area contributed by atoms with Gasteiger partial charge in [0.2, 0.25) is 5.95 Å². The van der Waals surface area contributed by atoms with Gasteiger partial charge in [-0.3, -0.25) is 0 Å². The highest BCUT2D eigenvalue weighted by Crippen LogP contribution is 2.29. The highest BCUT2D eigenvalue weighted by molar-refractivity contribution is 5.53. The van der Waals surface area contributed by atoms with Crippen LogP contribution in [-0.4, -0.2) is 47.5 Å². The van der Waals surface area contributed by atoms with E-state index in [0.29, 0.717) is 24.9 Å². The summed E-state index contributed by atoms with van der Waals surface area (Å²) < 4.78 is 17.5. The molecule has 3 aromatic rings. The van der Waals surface area contributed by atoms with Gasteiger partial charge in [-0.05, 0) is 23.8 Å². The summed E-state index contributed by atoms with van der Waals surface area (Å²) >= 11 is 0. The van der Waals surface area contributed by atoms with E-state index in [1.807, 2.05) is 36.4 Å². The van der Waals surface area contributed by atoms with Crippen molar-refractivity contribution < 1.29 is 13.9 Å². The number of hydrogen-bond donors (Lipinski definition) is 2. The standard InChI is InChI=1S/C21H22N4O3/c1-2-5-14(6-3-1)11-23-16-12-27-20-17(13-28-19(16)20)25-21-22-9-8-15(24-21)18-7-4-10-26-18/h1-10,16-17,19-20,23H,11-13H2,(H,22,24,25)/t16-,17+,19-,20+/m1/s1. The van der Waals surface area contributed by atoms with E-state index < -0.39 is 0 Å². The lowest BCUT2D eigenvalue weighted by atomic mass is 10.1. The monoisotopic (exact) mass is 378 g/mol. The Labute approximate surface area is 163 Å². The van der Waals surface area contributed by atoms with E-state index in [4.69, 9.17) is 13.9 Å². The van der Waals surface area contributed by atoms with Crippen LogP contribution in [0.5, 0.6) is 0 Å². The van der Waals surface area contributed by atoms with Gasteiger partial charge in [0.1, 0.15) is 17.9 Å². The third kappa shape index (κ3) is 3.52. The molecule has 0 unspecified atom stereocenters. The van der Waals surface area contributed by atoms with Crippen LogP contribution in [0.3, 0.4) is 0 Å². The Hall–Kier alpha value is -2.74. The first-order chi connectivity index (χ1) is 13.9. The molecule has 0 amide bonds. The SMILES string of the molecule is c1ccc(CN[C@@H]2CO[C@@H]3[C@@H]2OC[C@@H]3Nc2nccc(-c3ccco3)n2)cc1. The summed E-state index contributed by atoms with van der Waals surface area (Å²) in [4.78, 5) is 8.88. The molecule has 2 aliphatic heterocycles. The lowest BCUT2D eigenvalue weighted by molar-refractivity contribution is 0.0675. The van der Waals surface area contributed by atoms with Gasteiger partial charge in [-0.25, -0.2) is 9.97 Å². The molecule has 2 saturated heterocycles. The zero-order valence-corrected chi connectivity index (χ0v) is 15.3. The molecule has 0 spiro atoms. The molecule has 2 N–H and O–H groups in total. The molecule has 5 rings (SSSR count). The van der Waals surface area contributed by atoms with Crippen LogP contribution in [0.2, 0.25) is 0 Å². The molecule has 2 fully saturated rings. The number of rotatable bonds is 6. The van der Waals surface area contributed by atoms with Crippen LogP contribution in [0.25, 0.3) is 11.5 Å². The van der Waals surface area contributed by atoms with Crippen molar-refractivity contribution in [1.29, 1.82) is 0 Å². The van der Waals surface area contributed by atoms with Crippen molar-refractivity contribution >= 4 is 5.95 Å². The van der Waals surface area contributed by atoms with Crippen molar-refractivity contribution in [3.05, 3.63) is 66.6 Å². The fraction of sp³-hybridized carbons (Fsp3) is 0.333. The molecule has 7 nitrogen and oxygen atoms in total. The Bertz CT molecular complexity index is 903. The molecule has 2 aromatic heterocycles. The minimum Gasteiger partial charge on any atom is -0.463 e. The molecule has 7 heteroatoms. The number of nitrogens with one attached hydrogen (secondary N) is 2. The van der Waals surface area contributed by atoms with Crippen LogP contribution in [-0.2, 0) is 16.0 Å². The molecule has 0 aliphatic carbocycles. The summed E-state index contributed by atoms with van der Waals surface area (Å²) in [6.45, 7) is 1.99. The number of nitrogens with zero attached hydrogens (tertiary/aromatic N) is 2. The zero-order valence-electron chi connectivity index (χ0n) is 15.3. The van der Waals surface area contributed by atoms with Crippen LogP contribution in [0.4, 0.5) is 5.95 Å². The zero-order chi connectivity index (χ0) is 18.8. The molecule has 28 heavy (non-hydrogen) atoms. The van der Waals surface area contributed by atoms with Crippen molar-refractivity contribution in [3.8, 4) is 11.5 Å². The fourth-order valence-corrected chi connectivity index (χ4v) is 3.80. The van der Waals surface area contributed by atoms with Crippen LogP contribution < -0.4 is 10.6 Å². The lowest BCUT2D eigenvalue weighted by Crippen LogP contribution is -2.41. The molecular weight excluding hydrogens is 356 g/mol. The maximum absolute atomic E-state index is 6.04. The van der Waals surface area contributed by atoms with E-state index in [0.717, 1.165) is 12.2 Å². The lowest BCUT2D eigenvalue weighted by Gasteiger charge is -2.18. The van der Waals surface area contributed by atoms with Crippen molar-refractivity contribution in [1.82, 2.24) is 15.3 Å². The summed E-state index contributed by atoms with van der Waals surface area (Å²) in [6, 6.07) is 16.1. The van der Waals surface area contributed by atoms with E-state index in [2.05, 4.69) is 32.7 Å². The van der Waals surface area contributed by atoms with Crippen molar-refractivity contribution in [2.75, 3.05) is 18.5 Å². The third-order valence-electron chi connectivity index (χ3n) is 5.21. The Morgan fingerprint density at radius 3 is 2.57 bits per heavy atom. The number of benzene rings is 1. The van der Waals surface area contributed by atoms with Gasteiger partial charge in [0, 0.05) is 12.7 Å². The minimum absolute atomic E-state index is 0.0142. The summed E-state index contributed by atoms with van der Waals surface area (Å²) in [6.07, 6.45) is 3.35. The molecule has 4 atom stereocenters. The third-order valence-corrected chi connectivity index (χ3v) is 5.21. The molecule has 1 aromatic carbocycles. The second kappa shape index (κ2) is 7.71. The number of hydrogen-bond acceptors (Lipinski definition) is 7. The highest BCUT2D eigenvalue weighted by atomic mass is 16.6. The number of anilines is 1. The predicted molar refractivity (Wildman–Crippen MR) is 104 cm³/mol. The smallest absolute Gasteiger partial charge is 0.223 e. The Balaban J connectivity index is 1.21. The van der Waals surface area contributed by atoms with Crippen molar-refractivity contribution in [2.45, 2.75) is 30.8 Å². The largest absolute Gasteiger partial charge is 0.463 e. The fourth-order valence-electron chi connectivity index (χ4n) is 3.80. The average molecular weight is 378 g/mol. The first-order valence-electron chi connectivity index (χ1n) is 9.51. The van der Waals surface area contributed by atoms with Crippen molar-refractivity contribution in [2.24, 2.45) is 0 Å². The molecule has 0 bridgehead atoms. The van der Waals surface area contributed by atoms with E-state index in [1.165, 1.54) is 5.56 Å². The van der Waals surface area contributed by atoms with Gasteiger partial charge in [0.15, 0.2) is 5.76 Å². The van der Waals surface area contributed by atoms with Gasteiger partial charge < -0.3 is 24.5 Å². The summed E-state index contributed by atoms with van der Waals surface area (Å²) in [5, 5.41) is 6.93. The van der Waals surface area contributed by atoms with E-state index in [9.17, 15) is 0 Å². The van der Waals surface area contributed by atoms with E-state index in [-0.39, 0.29) is 24.3 Å². The van der Waals surface area contributed by atoms with Gasteiger partial charge in [0.25, 0.3) is 0 Å². The molecular formula is C21H22N4O3. The number of aromatic nitrogens is 2. The van der Waals surface area contributed by atoms with Crippen LogP contribution in [0.15, 0.2) is 65.4 Å². The molecule has 4 heterocycles. The topological polar surface area (TPSA) is 81.4 Å². The molecule has 144 valence electrons. The van der Waals surface area contributed by atoms with Crippen LogP contribution in [0, 0.1) is 0 Å². The maximum Gasteiger partial charge on any atom is 0.223 e. The van der Waals surface area contributed by atoms with E-state index >= 15 is 0 Å². The normalized spacial score (nSPS) is 26.3. The number of furan rings is 1. The van der Waals surface area contributed by atoms with Gasteiger partial charge in [0.05, 0.1) is 31.6 Å². The number of ether oxygens (including phenoxy) is 2. The van der Waals surface area contributed by atoms with E-state index in [1.54, 1.807) is 12.5 Å². The minimum atomic E-state index is -0.0239. The van der Waals surface area contributed by atoms with Crippen LogP contribution in [0.1, 0.15) is 5.56 Å². The first kappa shape index (κ1) is 17.4. The maximum atomic E-state index is 6.04. The Kier molecular flexibility index (Phi) is 4.78. The molecule has 0 saturated carbocycles.